The van der Waals surface area contributed by atoms with Gasteiger partial charge in [-0.2, -0.15) is 13.2 Å². The van der Waals surface area contributed by atoms with Crippen LogP contribution in [0.4, 0.5) is 18.9 Å². The van der Waals surface area contributed by atoms with Crippen LogP contribution in [0.5, 0.6) is 0 Å². The average molecular weight is 305 g/mol. The van der Waals surface area contributed by atoms with Gasteiger partial charge in [0.1, 0.15) is 0 Å². The molecule has 0 N–H and O–H groups in total. The van der Waals surface area contributed by atoms with Gasteiger partial charge >= 0.3 is 6.18 Å². The number of rotatable bonds is 1. The van der Waals surface area contributed by atoms with E-state index in [0.29, 0.717) is 11.3 Å². The van der Waals surface area contributed by atoms with Crippen LogP contribution in [-0.2, 0) is 11.0 Å². The zero-order valence-electron chi connectivity index (χ0n) is 11.9. The zero-order chi connectivity index (χ0) is 15.9. The van der Waals surface area contributed by atoms with E-state index in [2.05, 4.69) is 0 Å². The summed E-state index contributed by atoms with van der Waals surface area (Å²) in [6, 6.07) is 12.7. The Hall–Kier alpha value is -2.30. The fourth-order valence-corrected chi connectivity index (χ4v) is 2.85. The van der Waals surface area contributed by atoms with Gasteiger partial charge in [0.15, 0.2) is 0 Å². The highest BCUT2D eigenvalue weighted by atomic mass is 19.4. The maximum atomic E-state index is 13.0. The van der Waals surface area contributed by atoms with Crippen molar-refractivity contribution in [1.82, 2.24) is 0 Å². The highest BCUT2D eigenvalue weighted by Gasteiger charge is 2.35. The Kier molecular flexibility index (Phi) is 3.43. The molecule has 1 amide bonds. The van der Waals surface area contributed by atoms with Gasteiger partial charge in [-0.3, -0.25) is 4.79 Å². The van der Waals surface area contributed by atoms with Gasteiger partial charge in [0.05, 0.1) is 5.56 Å². The Labute approximate surface area is 126 Å². The van der Waals surface area contributed by atoms with Crippen molar-refractivity contribution in [2.75, 3.05) is 11.9 Å². The Morgan fingerprint density at radius 2 is 1.77 bits per heavy atom. The van der Waals surface area contributed by atoms with Crippen LogP contribution in [0.3, 0.4) is 0 Å². The van der Waals surface area contributed by atoms with Crippen molar-refractivity contribution in [2.45, 2.75) is 18.5 Å². The summed E-state index contributed by atoms with van der Waals surface area (Å²) in [5.74, 6) is -0.441. The number of hydrogen-bond donors (Lipinski definition) is 0. The number of amides is 1. The van der Waals surface area contributed by atoms with Gasteiger partial charge in [-0.25, -0.2) is 0 Å². The number of nitrogens with zero attached hydrogens (tertiary/aromatic N) is 1. The third kappa shape index (κ3) is 2.47. The highest BCUT2D eigenvalue weighted by Crippen LogP contribution is 2.42. The molecule has 0 aliphatic carbocycles. The molecule has 1 atom stereocenters. The molecule has 0 spiro atoms. The van der Waals surface area contributed by atoms with Gasteiger partial charge < -0.3 is 4.90 Å². The maximum absolute atomic E-state index is 13.0. The predicted octanol–water partition coefficient (Wildman–Crippen LogP) is 4.20. The Balaban J connectivity index is 2.16. The number of alkyl halides is 3. The Bertz CT molecular complexity index is 710. The molecule has 0 saturated heterocycles. The molecule has 22 heavy (non-hydrogen) atoms. The molecule has 1 heterocycles. The van der Waals surface area contributed by atoms with Crippen molar-refractivity contribution in [3.8, 4) is 0 Å². The van der Waals surface area contributed by atoms with Crippen molar-refractivity contribution < 1.29 is 18.0 Å². The number of halogens is 3. The number of anilines is 1. The summed E-state index contributed by atoms with van der Waals surface area (Å²) in [6.45, 7) is 0. The topological polar surface area (TPSA) is 20.3 Å². The van der Waals surface area contributed by atoms with E-state index < -0.39 is 11.7 Å². The summed E-state index contributed by atoms with van der Waals surface area (Å²) in [5, 5.41) is 0. The van der Waals surface area contributed by atoms with Gasteiger partial charge in [0, 0.05) is 25.1 Å². The van der Waals surface area contributed by atoms with Crippen LogP contribution < -0.4 is 4.90 Å². The minimum atomic E-state index is -4.39. The van der Waals surface area contributed by atoms with E-state index in [0.717, 1.165) is 17.7 Å². The quantitative estimate of drug-likeness (QED) is 0.773. The standard InChI is InChI=1S/C17H14F3NO/c1-21-15-8-7-12(17(18,19)20)9-14(15)13(10-16(21)22)11-5-3-2-4-6-11/h2-9,13H,10H2,1H3. The van der Waals surface area contributed by atoms with Crippen LogP contribution in [0.2, 0.25) is 0 Å². The average Bonchev–Trinajstić information content (AvgIpc) is 2.50. The van der Waals surface area contributed by atoms with Crippen molar-refractivity contribution in [2.24, 2.45) is 0 Å². The summed E-state index contributed by atoms with van der Waals surface area (Å²) in [7, 11) is 1.59. The van der Waals surface area contributed by atoms with Crippen LogP contribution in [0.15, 0.2) is 48.5 Å². The molecular formula is C17H14F3NO. The first kappa shape index (κ1) is 14.6. The predicted molar refractivity (Wildman–Crippen MR) is 77.8 cm³/mol. The second-order valence-corrected chi connectivity index (χ2v) is 5.39. The molecule has 2 aromatic carbocycles. The molecule has 0 aromatic heterocycles. The SMILES string of the molecule is CN1C(=O)CC(c2ccccc2)c2cc(C(F)(F)F)ccc21. The highest BCUT2D eigenvalue weighted by molar-refractivity contribution is 5.97. The monoisotopic (exact) mass is 305 g/mol. The van der Waals surface area contributed by atoms with Crippen LogP contribution in [0.25, 0.3) is 0 Å². The fourth-order valence-electron chi connectivity index (χ4n) is 2.85. The minimum Gasteiger partial charge on any atom is -0.315 e. The molecule has 0 fully saturated rings. The molecule has 2 aromatic rings. The van der Waals surface area contributed by atoms with Crippen LogP contribution in [-0.4, -0.2) is 13.0 Å². The van der Waals surface area contributed by atoms with Gasteiger partial charge in [0.2, 0.25) is 5.91 Å². The first-order valence-electron chi connectivity index (χ1n) is 6.90. The third-order valence-electron chi connectivity index (χ3n) is 4.05. The fraction of sp³-hybridized carbons (Fsp3) is 0.235. The molecule has 0 saturated carbocycles. The molecule has 0 radical (unpaired) electrons. The summed E-state index contributed by atoms with van der Waals surface area (Å²) >= 11 is 0. The molecule has 1 aliphatic heterocycles. The van der Waals surface area contributed by atoms with E-state index in [1.165, 1.54) is 11.0 Å². The van der Waals surface area contributed by atoms with Crippen molar-refractivity contribution in [3.63, 3.8) is 0 Å². The smallest absolute Gasteiger partial charge is 0.315 e. The number of fused-ring (bicyclic) bond motifs is 1. The number of benzene rings is 2. The lowest BCUT2D eigenvalue weighted by Gasteiger charge is -2.32. The van der Waals surface area contributed by atoms with Gasteiger partial charge in [-0.05, 0) is 29.3 Å². The van der Waals surface area contributed by atoms with Crippen molar-refractivity contribution in [1.29, 1.82) is 0 Å². The lowest BCUT2D eigenvalue weighted by atomic mass is 9.83. The second kappa shape index (κ2) is 5.16. The van der Waals surface area contributed by atoms with Gasteiger partial charge in [-0.1, -0.05) is 30.3 Å². The largest absolute Gasteiger partial charge is 0.416 e. The Morgan fingerprint density at radius 3 is 2.41 bits per heavy atom. The van der Waals surface area contributed by atoms with E-state index in [1.807, 2.05) is 30.3 Å². The van der Waals surface area contributed by atoms with Crippen LogP contribution in [0, 0.1) is 0 Å². The maximum Gasteiger partial charge on any atom is 0.416 e. The lowest BCUT2D eigenvalue weighted by Crippen LogP contribution is -2.33. The lowest BCUT2D eigenvalue weighted by molar-refractivity contribution is -0.137. The molecule has 1 aliphatic rings. The van der Waals surface area contributed by atoms with E-state index in [9.17, 15) is 18.0 Å². The third-order valence-corrected chi connectivity index (χ3v) is 4.05. The van der Waals surface area contributed by atoms with Crippen molar-refractivity contribution >= 4 is 11.6 Å². The van der Waals surface area contributed by atoms with Crippen molar-refractivity contribution in [3.05, 3.63) is 65.2 Å². The van der Waals surface area contributed by atoms with Gasteiger partial charge in [0.25, 0.3) is 0 Å². The molecular weight excluding hydrogens is 291 g/mol. The normalized spacial score (nSPS) is 18.3. The van der Waals surface area contributed by atoms with E-state index >= 15 is 0 Å². The molecule has 2 nitrogen and oxygen atoms in total. The number of hydrogen-bond acceptors (Lipinski definition) is 1. The van der Waals surface area contributed by atoms with E-state index in [1.54, 1.807) is 7.05 Å². The van der Waals surface area contributed by atoms with Crippen LogP contribution >= 0.6 is 0 Å². The molecule has 0 bridgehead atoms. The van der Waals surface area contributed by atoms with E-state index in [-0.39, 0.29) is 18.2 Å². The first-order valence-corrected chi connectivity index (χ1v) is 6.90. The molecule has 114 valence electrons. The van der Waals surface area contributed by atoms with Crippen LogP contribution in [0.1, 0.15) is 29.0 Å². The summed E-state index contributed by atoms with van der Waals surface area (Å²) in [4.78, 5) is 13.6. The zero-order valence-corrected chi connectivity index (χ0v) is 11.9. The van der Waals surface area contributed by atoms with E-state index in [4.69, 9.17) is 0 Å². The molecule has 1 unspecified atom stereocenters. The number of carbonyl (C=O) groups excluding carboxylic acids is 1. The Morgan fingerprint density at radius 1 is 1.09 bits per heavy atom. The molecule has 5 heteroatoms. The minimum absolute atomic E-state index is 0.0962. The summed E-state index contributed by atoms with van der Waals surface area (Å²) < 4.78 is 38.9. The summed E-state index contributed by atoms with van der Waals surface area (Å²) in [5.41, 5.74) is 1.25. The number of carbonyl (C=O) groups is 1. The molecule has 3 rings (SSSR count). The van der Waals surface area contributed by atoms with Gasteiger partial charge in [-0.15, -0.1) is 0 Å². The summed E-state index contributed by atoms with van der Waals surface area (Å²) in [6.07, 6.45) is -4.22. The second-order valence-electron chi connectivity index (χ2n) is 5.39. The first-order chi connectivity index (χ1) is 10.4.